The third-order valence-electron chi connectivity index (χ3n) is 1.79. The Balaban J connectivity index is 2.68. The van der Waals surface area contributed by atoms with E-state index in [-0.39, 0.29) is 5.91 Å². The minimum atomic E-state index is 0.0672. The van der Waals surface area contributed by atoms with Gasteiger partial charge in [-0.25, -0.2) is 0 Å². The van der Waals surface area contributed by atoms with Crippen LogP contribution in [0.3, 0.4) is 0 Å². The van der Waals surface area contributed by atoms with Crippen molar-refractivity contribution in [1.29, 1.82) is 0 Å². The van der Waals surface area contributed by atoms with Gasteiger partial charge in [-0.1, -0.05) is 24.8 Å². The first-order valence-corrected chi connectivity index (χ1v) is 4.05. The summed E-state index contributed by atoms with van der Waals surface area (Å²) in [6.07, 6.45) is 7.27. The van der Waals surface area contributed by atoms with E-state index in [1.165, 1.54) is 0 Å². The Bertz CT molecular complexity index is 261. The number of carbonyl (C=O) groups excluding carboxylic acids is 1. The van der Waals surface area contributed by atoms with Crippen LogP contribution in [0.15, 0.2) is 36.1 Å². The van der Waals surface area contributed by atoms with Gasteiger partial charge >= 0.3 is 0 Å². The second kappa shape index (κ2) is 3.90. The summed E-state index contributed by atoms with van der Waals surface area (Å²) in [5, 5.41) is 2.70. The molecular formula is C10H13NO. The fourth-order valence-electron chi connectivity index (χ4n) is 1.11. The summed E-state index contributed by atoms with van der Waals surface area (Å²) in [6, 6.07) is 0. The highest BCUT2D eigenvalue weighted by molar-refractivity contribution is 5.81. The summed E-state index contributed by atoms with van der Waals surface area (Å²) in [5.41, 5.74) is 1.86. The number of amides is 1. The number of nitrogens with one attached hydrogen (secondary N) is 1. The SMILES string of the molecule is C=C1NC(=O)CC/C1=C/C=CC. The Morgan fingerprint density at radius 2 is 2.25 bits per heavy atom. The lowest BCUT2D eigenvalue weighted by molar-refractivity contribution is -0.120. The molecule has 1 saturated heterocycles. The predicted octanol–water partition coefficient (Wildman–Crippen LogP) is 1.91. The van der Waals surface area contributed by atoms with E-state index >= 15 is 0 Å². The lowest BCUT2D eigenvalue weighted by Gasteiger charge is -2.17. The maximum atomic E-state index is 10.9. The lowest BCUT2D eigenvalue weighted by atomic mass is 10.0. The largest absolute Gasteiger partial charge is 0.326 e. The molecule has 1 aliphatic rings. The standard InChI is InChI=1S/C10H13NO/c1-3-4-5-9-6-7-10(12)11-8(9)2/h3-5H,2,6-7H2,1H3,(H,11,12)/b4-3?,9-5-. The molecule has 1 amide bonds. The molecule has 0 unspecified atom stereocenters. The molecule has 2 heteroatoms. The first-order chi connectivity index (χ1) is 5.74. The smallest absolute Gasteiger partial charge is 0.224 e. The molecule has 0 atom stereocenters. The van der Waals surface area contributed by atoms with E-state index in [4.69, 9.17) is 0 Å². The monoisotopic (exact) mass is 163 g/mol. The number of rotatable bonds is 1. The van der Waals surface area contributed by atoms with E-state index < -0.39 is 0 Å². The third kappa shape index (κ3) is 2.09. The fourth-order valence-corrected chi connectivity index (χ4v) is 1.11. The highest BCUT2D eigenvalue weighted by Gasteiger charge is 2.13. The van der Waals surface area contributed by atoms with Crippen molar-refractivity contribution in [2.75, 3.05) is 0 Å². The van der Waals surface area contributed by atoms with Crippen LogP contribution in [0.1, 0.15) is 19.8 Å². The summed E-state index contributed by atoms with van der Waals surface area (Å²) in [5.74, 6) is 0.0672. The molecule has 2 nitrogen and oxygen atoms in total. The van der Waals surface area contributed by atoms with E-state index in [1.54, 1.807) is 0 Å². The number of piperidine rings is 1. The average Bonchev–Trinajstić information content (AvgIpc) is 2.03. The summed E-state index contributed by atoms with van der Waals surface area (Å²) in [4.78, 5) is 10.9. The van der Waals surface area contributed by atoms with Crippen molar-refractivity contribution in [2.45, 2.75) is 19.8 Å². The Labute approximate surface area is 72.7 Å². The van der Waals surface area contributed by atoms with Crippen LogP contribution in [0, 0.1) is 0 Å². The predicted molar refractivity (Wildman–Crippen MR) is 49.4 cm³/mol. The van der Waals surface area contributed by atoms with Gasteiger partial charge in [-0.2, -0.15) is 0 Å². The van der Waals surface area contributed by atoms with Gasteiger partial charge in [0.15, 0.2) is 0 Å². The van der Waals surface area contributed by atoms with E-state index in [0.717, 1.165) is 17.7 Å². The Kier molecular flexibility index (Phi) is 2.86. The highest BCUT2D eigenvalue weighted by atomic mass is 16.1. The zero-order valence-electron chi connectivity index (χ0n) is 7.26. The maximum Gasteiger partial charge on any atom is 0.224 e. The van der Waals surface area contributed by atoms with Crippen LogP contribution in [0.5, 0.6) is 0 Å². The van der Waals surface area contributed by atoms with Gasteiger partial charge in [0, 0.05) is 12.1 Å². The zero-order valence-corrected chi connectivity index (χ0v) is 7.26. The highest BCUT2D eigenvalue weighted by Crippen LogP contribution is 2.17. The quantitative estimate of drug-likeness (QED) is 0.628. The lowest BCUT2D eigenvalue weighted by Crippen LogP contribution is -2.27. The number of carbonyl (C=O) groups is 1. The van der Waals surface area contributed by atoms with Crippen molar-refractivity contribution in [2.24, 2.45) is 0 Å². The van der Waals surface area contributed by atoms with E-state index in [1.807, 2.05) is 25.2 Å². The number of allylic oxidation sites excluding steroid dienone is 4. The molecule has 0 aromatic rings. The van der Waals surface area contributed by atoms with Gasteiger partial charge in [0.05, 0.1) is 0 Å². The molecule has 0 aromatic heterocycles. The molecule has 64 valence electrons. The summed E-state index contributed by atoms with van der Waals surface area (Å²) in [6.45, 7) is 5.72. The first-order valence-electron chi connectivity index (χ1n) is 4.05. The number of hydrogen-bond acceptors (Lipinski definition) is 1. The Hall–Kier alpha value is -1.31. The van der Waals surface area contributed by atoms with E-state index in [9.17, 15) is 4.79 Å². The van der Waals surface area contributed by atoms with Crippen LogP contribution in [0.2, 0.25) is 0 Å². The van der Waals surface area contributed by atoms with Crippen molar-refractivity contribution in [3.8, 4) is 0 Å². The Morgan fingerprint density at radius 3 is 2.83 bits per heavy atom. The van der Waals surface area contributed by atoms with E-state index in [0.29, 0.717) is 6.42 Å². The van der Waals surface area contributed by atoms with Crippen molar-refractivity contribution in [3.05, 3.63) is 36.1 Å². The topological polar surface area (TPSA) is 29.1 Å². The molecule has 1 rings (SSSR count). The van der Waals surface area contributed by atoms with Crippen LogP contribution in [0.25, 0.3) is 0 Å². The molecule has 0 saturated carbocycles. The van der Waals surface area contributed by atoms with Gasteiger partial charge < -0.3 is 5.32 Å². The second-order valence-electron chi connectivity index (χ2n) is 2.74. The van der Waals surface area contributed by atoms with Crippen LogP contribution in [-0.2, 0) is 4.79 Å². The minimum Gasteiger partial charge on any atom is -0.326 e. The molecule has 0 bridgehead atoms. The minimum absolute atomic E-state index is 0.0672. The molecule has 0 aromatic carbocycles. The van der Waals surface area contributed by atoms with Crippen LogP contribution >= 0.6 is 0 Å². The molecule has 0 radical (unpaired) electrons. The van der Waals surface area contributed by atoms with Crippen LogP contribution < -0.4 is 5.32 Å². The molecule has 1 fully saturated rings. The summed E-state index contributed by atoms with van der Waals surface area (Å²) in [7, 11) is 0. The molecule has 1 heterocycles. The third-order valence-corrected chi connectivity index (χ3v) is 1.79. The summed E-state index contributed by atoms with van der Waals surface area (Å²) >= 11 is 0. The van der Waals surface area contributed by atoms with Gasteiger partial charge in [0.1, 0.15) is 0 Å². The van der Waals surface area contributed by atoms with E-state index in [2.05, 4.69) is 11.9 Å². The molecular weight excluding hydrogens is 150 g/mol. The van der Waals surface area contributed by atoms with Crippen LogP contribution in [0.4, 0.5) is 0 Å². The van der Waals surface area contributed by atoms with Crippen molar-refractivity contribution in [3.63, 3.8) is 0 Å². The fraction of sp³-hybridized carbons (Fsp3) is 0.300. The molecule has 1 aliphatic heterocycles. The molecule has 12 heavy (non-hydrogen) atoms. The maximum absolute atomic E-state index is 10.9. The van der Waals surface area contributed by atoms with Gasteiger partial charge in [-0.15, -0.1) is 0 Å². The van der Waals surface area contributed by atoms with Gasteiger partial charge in [-0.3, -0.25) is 4.79 Å². The molecule has 0 aliphatic carbocycles. The van der Waals surface area contributed by atoms with Crippen molar-refractivity contribution in [1.82, 2.24) is 5.32 Å². The van der Waals surface area contributed by atoms with Crippen molar-refractivity contribution < 1.29 is 4.79 Å². The normalized spacial score (nSPS) is 21.9. The van der Waals surface area contributed by atoms with Crippen LogP contribution in [-0.4, -0.2) is 5.91 Å². The number of hydrogen-bond donors (Lipinski definition) is 1. The zero-order chi connectivity index (χ0) is 8.97. The summed E-state index contributed by atoms with van der Waals surface area (Å²) < 4.78 is 0. The molecule has 0 spiro atoms. The first kappa shape index (κ1) is 8.78. The average molecular weight is 163 g/mol. The van der Waals surface area contributed by atoms with Gasteiger partial charge in [0.2, 0.25) is 5.91 Å². The second-order valence-corrected chi connectivity index (χ2v) is 2.74. The van der Waals surface area contributed by atoms with Gasteiger partial charge in [0.25, 0.3) is 0 Å². The van der Waals surface area contributed by atoms with Crippen molar-refractivity contribution >= 4 is 5.91 Å². The molecule has 1 N–H and O–H groups in total. The van der Waals surface area contributed by atoms with Gasteiger partial charge in [-0.05, 0) is 18.9 Å². The Morgan fingerprint density at radius 1 is 1.50 bits per heavy atom.